The molecule has 0 amide bonds. The zero-order valence-electron chi connectivity index (χ0n) is 10.9. The maximum atomic E-state index is 8.86. The molecule has 0 atom stereocenters. The van der Waals surface area contributed by atoms with Gasteiger partial charge < -0.3 is 9.84 Å². The van der Waals surface area contributed by atoms with E-state index in [4.69, 9.17) is 9.78 Å². The molecule has 0 aliphatic carbocycles. The van der Waals surface area contributed by atoms with Crippen molar-refractivity contribution in [1.82, 2.24) is 10.5 Å². The Bertz CT molecular complexity index is 376. The van der Waals surface area contributed by atoms with Gasteiger partial charge in [-0.2, -0.15) is 5.26 Å². The van der Waals surface area contributed by atoms with Crippen LogP contribution in [0.25, 0.3) is 0 Å². The molecule has 4 heteroatoms. The van der Waals surface area contributed by atoms with Crippen LogP contribution in [0, 0.1) is 23.7 Å². The van der Waals surface area contributed by atoms with Gasteiger partial charge in [0.2, 0.25) is 0 Å². The number of nitrogens with zero attached hydrogens (tertiary/aromatic N) is 2. The highest BCUT2D eigenvalue weighted by Gasteiger charge is 2.15. The molecule has 1 heterocycles. The molecule has 0 unspecified atom stereocenters. The fourth-order valence-electron chi connectivity index (χ4n) is 1.59. The van der Waals surface area contributed by atoms with E-state index in [0.29, 0.717) is 0 Å². The molecule has 0 radical (unpaired) electrons. The van der Waals surface area contributed by atoms with Crippen molar-refractivity contribution < 1.29 is 4.52 Å². The minimum Gasteiger partial charge on any atom is -0.361 e. The van der Waals surface area contributed by atoms with Crippen LogP contribution in [-0.2, 0) is 6.54 Å². The number of nitriles is 1. The smallest absolute Gasteiger partial charge is 0.133 e. The third kappa shape index (κ3) is 5.50. The van der Waals surface area contributed by atoms with Crippen molar-refractivity contribution in [2.24, 2.45) is 5.41 Å². The van der Waals surface area contributed by atoms with Crippen molar-refractivity contribution in [2.75, 3.05) is 6.54 Å². The lowest BCUT2D eigenvalue weighted by Gasteiger charge is -2.14. The Labute approximate surface area is 103 Å². The lowest BCUT2D eigenvalue weighted by molar-refractivity contribution is 0.387. The van der Waals surface area contributed by atoms with Crippen molar-refractivity contribution in [1.29, 1.82) is 5.26 Å². The van der Waals surface area contributed by atoms with Crippen molar-refractivity contribution >= 4 is 0 Å². The van der Waals surface area contributed by atoms with E-state index in [1.54, 1.807) is 0 Å². The van der Waals surface area contributed by atoms with Crippen molar-refractivity contribution in [3.8, 4) is 6.07 Å². The number of aromatic nitrogens is 1. The summed E-state index contributed by atoms with van der Waals surface area (Å²) in [4.78, 5) is 0. The zero-order chi connectivity index (χ0) is 12.7. The predicted octanol–water partition coefficient (Wildman–Crippen LogP) is 2.79. The van der Waals surface area contributed by atoms with Gasteiger partial charge in [0.15, 0.2) is 0 Å². The Morgan fingerprint density at radius 3 is 2.82 bits per heavy atom. The minimum atomic E-state index is -0.191. The molecule has 0 aliphatic heterocycles. The van der Waals surface area contributed by atoms with Crippen molar-refractivity contribution in [2.45, 2.75) is 46.6 Å². The highest BCUT2D eigenvalue weighted by Crippen LogP contribution is 2.21. The van der Waals surface area contributed by atoms with Gasteiger partial charge in [0.05, 0.1) is 17.2 Å². The van der Waals surface area contributed by atoms with Gasteiger partial charge in [0.1, 0.15) is 5.76 Å². The van der Waals surface area contributed by atoms with Gasteiger partial charge in [-0.3, -0.25) is 0 Å². The Hall–Kier alpha value is -1.34. The third-order valence-electron chi connectivity index (χ3n) is 2.69. The largest absolute Gasteiger partial charge is 0.361 e. The van der Waals surface area contributed by atoms with Crippen LogP contribution in [0.2, 0.25) is 0 Å². The van der Waals surface area contributed by atoms with E-state index in [1.807, 2.05) is 26.8 Å². The van der Waals surface area contributed by atoms with Gasteiger partial charge >= 0.3 is 0 Å². The summed E-state index contributed by atoms with van der Waals surface area (Å²) in [6.07, 6.45) is 3.11. The molecule has 4 nitrogen and oxygen atoms in total. The zero-order valence-corrected chi connectivity index (χ0v) is 10.9. The second kappa shape index (κ2) is 6.41. The number of rotatable bonds is 7. The van der Waals surface area contributed by atoms with Gasteiger partial charge in [-0.25, -0.2) is 0 Å². The lowest BCUT2D eigenvalue weighted by Crippen LogP contribution is -2.16. The van der Waals surface area contributed by atoms with Crippen LogP contribution in [0.1, 0.15) is 44.6 Å². The number of hydrogen-bond acceptors (Lipinski definition) is 4. The molecule has 0 aliphatic rings. The van der Waals surface area contributed by atoms with E-state index < -0.39 is 0 Å². The summed E-state index contributed by atoms with van der Waals surface area (Å²) in [5.74, 6) is 0.845. The molecule has 0 saturated heterocycles. The molecule has 17 heavy (non-hydrogen) atoms. The highest BCUT2D eigenvalue weighted by atomic mass is 16.5. The Morgan fingerprint density at radius 1 is 1.47 bits per heavy atom. The summed E-state index contributed by atoms with van der Waals surface area (Å²) < 4.78 is 4.98. The molecule has 1 N–H and O–H groups in total. The van der Waals surface area contributed by atoms with Gasteiger partial charge in [-0.15, -0.1) is 0 Å². The molecule has 94 valence electrons. The summed E-state index contributed by atoms with van der Waals surface area (Å²) in [7, 11) is 0. The molecular formula is C13H21N3O. The summed E-state index contributed by atoms with van der Waals surface area (Å²) in [5, 5.41) is 16.1. The Kier molecular flexibility index (Phi) is 5.17. The van der Waals surface area contributed by atoms with Crippen LogP contribution >= 0.6 is 0 Å². The molecule has 1 rings (SSSR count). The monoisotopic (exact) mass is 235 g/mol. The number of unbranched alkanes of at least 4 members (excludes halogenated alkanes) is 1. The summed E-state index contributed by atoms with van der Waals surface area (Å²) >= 11 is 0. The topological polar surface area (TPSA) is 61.9 Å². The van der Waals surface area contributed by atoms with Gasteiger partial charge in [-0.05, 0) is 40.2 Å². The fourth-order valence-corrected chi connectivity index (χ4v) is 1.59. The highest BCUT2D eigenvalue weighted by molar-refractivity contribution is 5.02. The Balaban J connectivity index is 2.04. The second-order valence-corrected chi connectivity index (χ2v) is 5.06. The molecular weight excluding hydrogens is 214 g/mol. The normalized spacial score (nSPS) is 11.4. The molecule has 0 saturated carbocycles. The maximum absolute atomic E-state index is 8.86. The maximum Gasteiger partial charge on any atom is 0.133 e. The van der Waals surface area contributed by atoms with E-state index in [0.717, 1.165) is 43.8 Å². The first-order chi connectivity index (χ1) is 8.03. The average molecular weight is 235 g/mol. The third-order valence-corrected chi connectivity index (χ3v) is 2.69. The van der Waals surface area contributed by atoms with E-state index in [9.17, 15) is 0 Å². The van der Waals surface area contributed by atoms with Crippen LogP contribution in [0.3, 0.4) is 0 Å². The van der Waals surface area contributed by atoms with E-state index >= 15 is 0 Å². The minimum absolute atomic E-state index is 0.191. The number of nitrogens with one attached hydrogen (secondary N) is 1. The van der Waals surface area contributed by atoms with Crippen LogP contribution in [0.15, 0.2) is 10.6 Å². The molecule has 0 aromatic carbocycles. The predicted molar refractivity (Wildman–Crippen MR) is 66.2 cm³/mol. The van der Waals surface area contributed by atoms with E-state index in [2.05, 4.69) is 16.5 Å². The van der Waals surface area contributed by atoms with Crippen LogP contribution in [0.4, 0.5) is 0 Å². The van der Waals surface area contributed by atoms with Crippen molar-refractivity contribution in [3.63, 3.8) is 0 Å². The lowest BCUT2D eigenvalue weighted by atomic mass is 9.89. The van der Waals surface area contributed by atoms with Gasteiger partial charge in [-0.1, -0.05) is 11.6 Å². The van der Waals surface area contributed by atoms with E-state index in [-0.39, 0.29) is 5.41 Å². The molecule has 1 aromatic heterocycles. The van der Waals surface area contributed by atoms with Crippen LogP contribution in [0.5, 0.6) is 0 Å². The number of aryl methyl sites for hydroxylation is 1. The molecule has 0 spiro atoms. The van der Waals surface area contributed by atoms with Gasteiger partial charge in [0, 0.05) is 12.6 Å². The van der Waals surface area contributed by atoms with Gasteiger partial charge in [0.25, 0.3) is 0 Å². The average Bonchev–Trinajstić information content (AvgIpc) is 2.69. The molecule has 0 bridgehead atoms. The second-order valence-electron chi connectivity index (χ2n) is 5.06. The Morgan fingerprint density at radius 2 is 2.24 bits per heavy atom. The van der Waals surface area contributed by atoms with E-state index in [1.165, 1.54) is 0 Å². The van der Waals surface area contributed by atoms with Crippen LogP contribution in [-0.4, -0.2) is 11.7 Å². The number of hydrogen-bond donors (Lipinski definition) is 1. The molecule has 0 fully saturated rings. The first kappa shape index (κ1) is 13.7. The van der Waals surface area contributed by atoms with Crippen LogP contribution < -0.4 is 5.32 Å². The fraction of sp³-hybridized carbons (Fsp3) is 0.692. The SMILES string of the molecule is Cc1cc(CNCCCCC(C)(C)C#N)no1. The first-order valence-corrected chi connectivity index (χ1v) is 6.08. The molecule has 1 aromatic rings. The first-order valence-electron chi connectivity index (χ1n) is 6.08. The van der Waals surface area contributed by atoms with Crippen molar-refractivity contribution in [3.05, 3.63) is 17.5 Å². The summed E-state index contributed by atoms with van der Waals surface area (Å²) in [6.45, 7) is 7.56. The standard InChI is InChI=1S/C13H21N3O/c1-11-8-12(16-17-11)9-15-7-5-4-6-13(2,3)10-14/h8,15H,4-7,9H2,1-3H3. The summed E-state index contributed by atoms with van der Waals surface area (Å²) in [6, 6.07) is 4.25. The summed E-state index contributed by atoms with van der Waals surface area (Å²) in [5.41, 5.74) is 0.753. The quantitative estimate of drug-likeness (QED) is 0.738.